The van der Waals surface area contributed by atoms with Crippen LogP contribution in [-0.4, -0.2) is 26.8 Å². The minimum atomic E-state index is -3.53. The van der Waals surface area contributed by atoms with E-state index in [2.05, 4.69) is 10.5 Å². The van der Waals surface area contributed by atoms with Crippen LogP contribution < -0.4 is 9.73 Å². The molecule has 0 aromatic heterocycles. The van der Waals surface area contributed by atoms with Gasteiger partial charge in [-0.1, -0.05) is 53.5 Å². The molecule has 0 radical (unpaired) electrons. The van der Waals surface area contributed by atoms with E-state index in [9.17, 15) is 13.2 Å². The Morgan fingerprint density at radius 1 is 1.00 bits per heavy atom. The fourth-order valence-electron chi connectivity index (χ4n) is 2.98. The largest absolute Gasteiger partial charge is 0.271 e. The average molecular weight is 490 g/mol. The van der Waals surface area contributed by atoms with Crippen LogP contribution in [0.4, 0.5) is 5.69 Å². The lowest BCUT2D eigenvalue weighted by Crippen LogP contribution is -2.29. The van der Waals surface area contributed by atoms with E-state index in [1.54, 1.807) is 42.5 Å². The number of halogens is 2. The first-order valence-corrected chi connectivity index (χ1v) is 12.2. The molecule has 0 fully saturated rings. The standard InChI is InChI=1S/C23H21Cl2N3O3S/c1-16-6-3-4-7-18(16)15-28(32(2,30)31)19-12-10-17(11-13-19)23(29)27-26-14-20-21(24)8-5-9-22(20)25/h3-14H,15H2,1-2H3,(H,27,29)/b26-14-. The summed E-state index contributed by atoms with van der Waals surface area (Å²) in [4.78, 5) is 12.4. The number of nitrogens with zero attached hydrogens (tertiary/aromatic N) is 2. The van der Waals surface area contributed by atoms with Crippen LogP contribution >= 0.6 is 23.2 Å². The van der Waals surface area contributed by atoms with Gasteiger partial charge in [-0.3, -0.25) is 9.10 Å². The number of carbonyl (C=O) groups excluding carboxylic acids is 1. The smallest absolute Gasteiger partial charge is 0.267 e. The number of nitrogens with one attached hydrogen (secondary N) is 1. The van der Waals surface area contributed by atoms with Crippen LogP contribution in [0.15, 0.2) is 71.8 Å². The summed E-state index contributed by atoms with van der Waals surface area (Å²) in [6.07, 6.45) is 2.52. The molecule has 9 heteroatoms. The molecule has 0 saturated heterocycles. The van der Waals surface area contributed by atoms with Crippen molar-refractivity contribution in [2.75, 3.05) is 10.6 Å². The van der Waals surface area contributed by atoms with Gasteiger partial charge in [0.2, 0.25) is 10.0 Å². The first kappa shape index (κ1) is 23.8. The van der Waals surface area contributed by atoms with Crippen LogP contribution in [-0.2, 0) is 16.6 Å². The first-order chi connectivity index (χ1) is 15.2. The number of anilines is 1. The molecule has 0 spiro atoms. The molecule has 0 heterocycles. The molecule has 0 bridgehead atoms. The van der Waals surface area contributed by atoms with Gasteiger partial charge in [0.05, 0.1) is 34.7 Å². The van der Waals surface area contributed by atoms with Gasteiger partial charge in [-0.15, -0.1) is 0 Å². The normalized spacial score (nSPS) is 11.5. The Balaban J connectivity index is 1.75. The Morgan fingerprint density at radius 2 is 1.62 bits per heavy atom. The van der Waals surface area contributed by atoms with Crippen molar-refractivity contribution in [2.45, 2.75) is 13.5 Å². The van der Waals surface area contributed by atoms with Gasteiger partial charge in [0.1, 0.15) is 0 Å². The Bertz CT molecular complexity index is 1240. The van der Waals surface area contributed by atoms with E-state index in [0.29, 0.717) is 26.9 Å². The molecule has 166 valence electrons. The molecule has 1 N–H and O–H groups in total. The molecular formula is C23H21Cl2N3O3S. The Kier molecular flexibility index (Phi) is 7.56. The summed E-state index contributed by atoms with van der Waals surface area (Å²) in [6, 6.07) is 18.9. The van der Waals surface area contributed by atoms with Gasteiger partial charge in [0.15, 0.2) is 0 Å². The van der Waals surface area contributed by atoms with Gasteiger partial charge in [-0.25, -0.2) is 13.8 Å². The molecule has 0 aliphatic heterocycles. The van der Waals surface area contributed by atoms with E-state index in [1.165, 1.54) is 10.5 Å². The monoisotopic (exact) mass is 489 g/mol. The Labute approximate surface area is 197 Å². The van der Waals surface area contributed by atoms with Crippen LogP contribution in [0, 0.1) is 6.92 Å². The van der Waals surface area contributed by atoms with Gasteiger partial charge in [0.25, 0.3) is 5.91 Å². The third-order valence-corrected chi connectivity index (χ3v) is 6.55. The highest BCUT2D eigenvalue weighted by molar-refractivity contribution is 7.92. The van der Waals surface area contributed by atoms with E-state index in [-0.39, 0.29) is 6.54 Å². The Morgan fingerprint density at radius 3 is 2.22 bits per heavy atom. The topological polar surface area (TPSA) is 78.8 Å². The lowest BCUT2D eigenvalue weighted by molar-refractivity contribution is 0.0955. The Hall–Kier alpha value is -2.87. The third kappa shape index (κ3) is 5.88. The second kappa shape index (κ2) is 10.2. The number of carbonyl (C=O) groups is 1. The summed E-state index contributed by atoms with van der Waals surface area (Å²) in [5.74, 6) is -0.458. The summed E-state index contributed by atoms with van der Waals surface area (Å²) < 4.78 is 26.1. The van der Waals surface area contributed by atoms with Crippen LogP contribution in [0.1, 0.15) is 27.0 Å². The van der Waals surface area contributed by atoms with Crippen molar-refractivity contribution in [3.05, 3.63) is 99.0 Å². The highest BCUT2D eigenvalue weighted by Crippen LogP contribution is 2.23. The maximum atomic E-state index is 12.4. The first-order valence-electron chi connectivity index (χ1n) is 9.56. The van der Waals surface area contributed by atoms with Crippen molar-refractivity contribution in [3.63, 3.8) is 0 Å². The molecule has 3 aromatic carbocycles. The number of aryl methyl sites for hydroxylation is 1. The minimum absolute atomic E-state index is 0.194. The van der Waals surface area contributed by atoms with Crippen molar-refractivity contribution < 1.29 is 13.2 Å². The summed E-state index contributed by atoms with van der Waals surface area (Å²) in [5, 5.41) is 4.73. The molecule has 0 unspecified atom stereocenters. The molecule has 0 atom stereocenters. The summed E-state index contributed by atoms with van der Waals surface area (Å²) in [6.45, 7) is 2.12. The van der Waals surface area contributed by atoms with Crippen molar-refractivity contribution >= 4 is 51.0 Å². The molecular weight excluding hydrogens is 469 g/mol. The van der Waals surface area contributed by atoms with Crippen molar-refractivity contribution in [1.29, 1.82) is 0 Å². The molecule has 3 aromatic rings. The van der Waals surface area contributed by atoms with Crippen LogP contribution in [0.2, 0.25) is 10.0 Å². The van der Waals surface area contributed by atoms with E-state index < -0.39 is 15.9 Å². The zero-order valence-electron chi connectivity index (χ0n) is 17.4. The van der Waals surface area contributed by atoms with Crippen molar-refractivity contribution in [2.24, 2.45) is 5.10 Å². The number of sulfonamides is 1. The van der Waals surface area contributed by atoms with E-state index in [0.717, 1.165) is 17.4 Å². The van der Waals surface area contributed by atoms with E-state index in [1.807, 2.05) is 31.2 Å². The minimum Gasteiger partial charge on any atom is -0.267 e. The lowest BCUT2D eigenvalue weighted by Gasteiger charge is -2.23. The second-order valence-corrected chi connectivity index (χ2v) is 9.80. The molecule has 0 aliphatic rings. The number of hydrazone groups is 1. The second-order valence-electron chi connectivity index (χ2n) is 7.08. The molecule has 0 saturated carbocycles. The molecule has 6 nitrogen and oxygen atoms in total. The molecule has 0 aliphatic carbocycles. The number of benzene rings is 3. The van der Waals surface area contributed by atoms with Crippen LogP contribution in [0.5, 0.6) is 0 Å². The number of rotatable bonds is 7. The predicted molar refractivity (Wildman–Crippen MR) is 130 cm³/mol. The zero-order chi connectivity index (χ0) is 23.3. The lowest BCUT2D eigenvalue weighted by atomic mass is 10.1. The van der Waals surface area contributed by atoms with Gasteiger partial charge >= 0.3 is 0 Å². The fraction of sp³-hybridized carbons (Fsp3) is 0.130. The summed E-state index contributed by atoms with van der Waals surface area (Å²) >= 11 is 12.1. The van der Waals surface area contributed by atoms with Gasteiger partial charge in [-0.05, 0) is 54.4 Å². The SMILES string of the molecule is Cc1ccccc1CN(c1ccc(C(=O)N/N=C\c2c(Cl)cccc2Cl)cc1)S(C)(=O)=O. The number of amides is 1. The average Bonchev–Trinajstić information content (AvgIpc) is 2.74. The summed E-state index contributed by atoms with van der Waals surface area (Å²) in [5.41, 5.74) is 5.57. The highest BCUT2D eigenvalue weighted by Gasteiger charge is 2.19. The fourth-order valence-corrected chi connectivity index (χ4v) is 4.35. The van der Waals surface area contributed by atoms with E-state index >= 15 is 0 Å². The van der Waals surface area contributed by atoms with Gasteiger partial charge in [-0.2, -0.15) is 5.10 Å². The molecule has 3 rings (SSSR count). The van der Waals surface area contributed by atoms with Crippen molar-refractivity contribution in [1.82, 2.24) is 5.43 Å². The van der Waals surface area contributed by atoms with Crippen LogP contribution in [0.3, 0.4) is 0 Å². The zero-order valence-corrected chi connectivity index (χ0v) is 19.7. The van der Waals surface area contributed by atoms with Crippen LogP contribution in [0.25, 0.3) is 0 Å². The quantitative estimate of drug-likeness (QED) is 0.373. The third-order valence-electron chi connectivity index (χ3n) is 4.75. The summed E-state index contributed by atoms with van der Waals surface area (Å²) in [7, 11) is -3.53. The number of hydrogen-bond acceptors (Lipinski definition) is 4. The molecule has 1 amide bonds. The van der Waals surface area contributed by atoms with Crippen molar-refractivity contribution in [3.8, 4) is 0 Å². The highest BCUT2D eigenvalue weighted by atomic mass is 35.5. The number of hydrogen-bond donors (Lipinski definition) is 1. The maximum absolute atomic E-state index is 12.4. The predicted octanol–water partition coefficient (Wildman–Crippen LogP) is 5.03. The van der Waals surface area contributed by atoms with E-state index in [4.69, 9.17) is 23.2 Å². The van der Waals surface area contributed by atoms with Gasteiger partial charge < -0.3 is 0 Å². The van der Waals surface area contributed by atoms with Gasteiger partial charge in [0, 0.05) is 11.1 Å². The maximum Gasteiger partial charge on any atom is 0.271 e. The molecule has 32 heavy (non-hydrogen) atoms.